The van der Waals surface area contributed by atoms with E-state index < -0.39 is 0 Å². The molecule has 0 bridgehead atoms. The number of nitrogens with zero attached hydrogens (tertiary/aromatic N) is 1. The summed E-state index contributed by atoms with van der Waals surface area (Å²) >= 11 is 12.5. The van der Waals surface area contributed by atoms with Gasteiger partial charge in [0.25, 0.3) is 5.91 Å². The average Bonchev–Trinajstić information content (AvgIpc) is 3.83. The lowest BCUT2D eigenvalue weighted by atomic mass is 9.91. The van der Waals surface area contributed by atoms with Gasteiger partial charge >= 0.3 is 0 Å². The number of amides is 2. The Hall–Kier alpha value is -2.97. The molecule has 44 heavy (non-hydrogen) atoms. The summed E-state index contributed by atoms with van der Waals surface area (Å²) in [5.74, 6) is 0.643. The number of hydrogen-bond donors (Lipinski definition) is 2. The minimum atomic E-state index is -0.318. The molecule has 2 N–H and O–H groups in total. The maximum Gasteiger partial charge on any atom is 0.251 e. The molecule has 1 heterocycles. The van der Waals surface area contributed by atoms with E-state index in [1.165, 1.54) is 16.7 Å². The molecule has 0 spiro atoms. The van der Waals surface area contributed by atoms with Crippen LogP contribution >= 0.6 is 35.6 Å². The fraction of sp³-hybridized carbons (Fsp3) is 0.412. The van der Waals surface area contributed by atoms with Gasteiger partial charge in [0.15, 0.2) is 5.75 Å². The average molecular weight is 661 g/mol. The van der Waals surface area contributed by atoms with Gasteiger partial charge in [-0.1, -0.05) is 41.4 Å². The standard InChI is InChI=1S/C34H39Cl2N3O4.ClH/c1-21-17-29(35)32(30(36)18-21)43-16-15-42-27-11-7-24(8-12-27)33(40)38-31-13-14-37-19-28(31)34(41)39(26-9-10-26)20-25-6-4-5-22(2)23(25)3;/h4-8,11-12,17-18,26,28,31,37H,9-10,13-16,19-20H2,1-3H3,(H,38,40);1H. The van der Waals surface area contributed by atoms with E-state index in [1.54, 1.807) is 36.4 Å². The summed E-state index contributed by atoms with van der Waals surface area (Å²) in [5.41, 5.74) is 5.11. The zero-order chi connectivity index (χ0) is 30.5. The molecule has 7 nitrogen and oxygen atoms in total. The summed E-state index contributed by atoms with van der Waals surface area (Å²) in [6, 6.07) is 16.9. The number of carbonyl (C=O) groups excluding carboxylic acids is 2. The van der Waals surface area contributed by atoms with Gasteiger partial charge in [-0.3, -0.25) is 9.59 Å². The molecule has 2 aliphatic rings. The van der Waals surface area contributed by atoms with Crippen LogP contribution in [0, 0.1) is 26.7 Å². The Kier molecular flexibility index (Phi) is 11.8. The van der Waals surface area contributed by atoms with Gasteiger partial charge in [0.2, 0.25) is 5.91 Å². The van der Waals surface area contributed by atoms with Gasteiger partial charge in [-0.25, -0.2) is 0 Å². The van der Waals surface area contributed by atoms with Crippen LogP contribution in [0.3, 0.4) is 0 Å². The third-order valence-electron chi connectivity index (χ3n) is 8.30. The molecule has 1 aliphatic carbocycles. The highest BCUT2D eigenvalue weighted by molar-refractivity contribution is 6.37. The van der Waals surface area contributed by atoms with Crippen molar-refractivity contribution in [3.05, 3.63) is 92.5 Å². The zero-order valence-electron chi connectivity index (χ0n) is 25.3. The molecule has 1 aliphatic heterocycles. The van der Waals surface area contributed by atoms with E-state index in [-0.39, 0.29) is 55.4 Å². The van der Waals surface area contributed by atoms with Crippen LogP contribution in [0.15, 0.2) is 54.6 Å². The topological polar surface area (TPSA) is 79.9 Å². The molecule has 5 rings (SSSR count). The summed E-state index contributed by atoms with van der Waals surface area (Å²) < 4.78 is 11.5. The van der Waals surface area contributed by atoms with E-state index in [0.29, 0.717) is 46.6 Å². The smallest absolute Gasteiger partial charge is 0.251 e. The molecule has 0 radical (unpaired) electrons. The molecule has 2 atom stereocenters. The Bertz CT molecular complexity index is 1440. The molecule has 2 unspecified atom stereocenters. The monoisotopic (exact) mass is 659 g/mol. The molecule has 3 aromatic carbocycles. The van der Waals surface area contributed by atoms with Crippen molar-refractivity contribution >= 4 is 47.4 Å². The first-order chi connectivity index (χ1) is 20.7. The van der Waals surface area contributed by atoms with Crippen molar-refractivity contribution in [1.29, 1.82) is 0 Å². The fourth-order valence-corrected chi connectivity index (χ4v) is 6.23. The lowest BCUT2D eigenvalue weighted by Gasteiger charge is -2.36. The molecule has 2 fully saturated rings. The second kappa shape index (κ2) is 15.3. The van der Waals surface area contributed by atoms with Gasteiger partial charge in [-0.15, -0.1) is 12.4 Å². The SMILES string of the molecule is Cc1cc(Cl)c(OCCOc2ccc(C(=O)NC3CCNCC3C(=O)N(Cc3cccc(C)c3C)C3CC3)cc2)c(Cl)c1.Cl. The molecule has 3 aromatic rings. The molecule has 1 saturated heterocycles. The number of hydrogen-bond acceptors (Lipinski definition) is 5. The lowest BCUT2D eigenvalue weighted by Crippen LogP contribution is -2.55. The van der Waals surface area contributed by atoms with Crippen LogP contribution in [-0.4, -0.2) is 55.1 Å². The van der Waals surface area contributed by atoms with Gasteiger partial charge in [0, 0.05) is 30.7 Å². The van der Waals surface area contributed by atoms with Crippen LogP contribution in [0.25, 0.3) is 0 Å². The van der Waals surface area contributed by atoms with Crippen molar-refractivity contribution in [3.63, 3.8) is 0 Å². The van der Waals surface area contributed by atoms with Crippen LogP contribution in [0.5, 0.6) is 11.5 Å². The minimum Gasteiger partial charge on any atom is -0.490 e. The zero-order valence-corrected chi connectivity index (χ0v) is 27.7. The first-order valence-corrected chi connectivity index (χ1v) is 15.7. The highest BCUT2D eigenvalue weighted by atomic mass is 35.5. The number of ether oxygens (including phenoxy) is 2. The third kappa shape index (κ3) is 8.39. The van der Waals surface area contributed by atoms with Crippen molar-refractivity contribution in [1.82, 2.24) is 15.5 Å². The number of piperidine rings is 1. The number of nitrogens with one attached hydrogen (secondary N) is 2. The quantitative estimate of drug-likeness (QED) is 0.224. The van der Waals surface area contributed by atoms with E-state index in [1.807, 2.05) is 11.8 Å². The molecule has 2 amide bonds. The van der Waals surface area contributed by atoms with Gasteiger partial charge in [0.1, 0.15) is 19.0 Å². The molecule has 0 aromatic heterocycles. The maximum atomic E-state index is 13.9. The van der Waals surface area contributed by atoms with E-state index in [2.05, 4.69) is 42.7 Å². The predicted octanol–water partition coefficient (Wildman–Crippen LogP) is 6.70. The number of halogens is 3. The highest BCUT2D eigenvalue weighted by Crippen LogP contribution is 2.34. The first-order valence-electron chi connectivity index (χ1n) is 14.9. The fourth-order valence-electron chi connectivity index (χ4n) is 5.53. The van der Waals surface area contributed by atoms with Gasteiger partial charge in [-0.2, -0.15) is 0 Å². The largest absolute Gasteiger partial charge is 0.490 e. The highest BCUT2D eigenvalue weighted by Gasteiger charge is 2.40. The summed E-state index contributed by atoms with van der Waals surface area (Å²) in [5, 5.41) is 7.44. The second-order valence-electron chi connectivity index (χ2n) is 11.5. The molecule has 236 valence electrons. The van der Waals surface area contributed by atoms with E-state index in [9.17, 15) is 9.59 Å². The Balaban J connectivity index is 0.00000442. The van der Waals surface area contributed by atoms with Gasteiger partial charge < -0.3 is 25.0 Å². The number of benzene rings is 3. The number of rotatable bonds is 11. The van der Waals surface area contributed by atoms with Crippen LogP contribution in [0.2, 0.25) is 10.0 Å². The van der Waals surface area contributed by atoms with E-state index in [4.69, 9.17) is 32.7 Å². The molecular formula is C34H40Cl3N3O4. The Morgan fingerprint density at radius 3 is 2.32 bits per heavy atom. The van der Waals surface area contributed by atoms with Crippen molar-refractivity contribution < 1.29 is 19.1 Å². The Labute approximate surface area is 276 Å². The lowest BCUT2D eigenvalue weighted by molar-refractivity contribution is -0.138. The third-order valence-corrected chi connectivity index (χ3v) is 8.86. The summed E-state index contributed by atoms with van der Waals surface area (Å²) in [6.45, 7) is 8.58. The van der Waals surface area contributed by atoms with E-state index >= 15 is 0 Å². The Morgan fingerprint density at radius 2 is 1.64 bits per heavy atom. The van der Waals surface area contributed by atoms with Crippen molar-refractivity contribution in [2.75, 3.05) is 26.3 Å². The second-order valence-corrected chi connectivity index (χ2v) is 12.3. The van der Waals surface area contributed by atoms with Gasteiger partial charge in [-0.05, 0) is 105 Å². The Morgan fingerprint density at radius 1 is 0.955 bits per heavy atom. The summed E-state index contributed by atoms with van der Waals surface area (Å²) in [7, 11) is 0. The van der Waals surface area contributed by atoms with Crippen molar-refractivity contribution in [3.8, 4) is 11.5 Å². The number of carbonyl (C=O) groups is 2. The van der Waals surface area contributed by atoms with Crippen molar-refractivity contribution in [2.24, 2.45) is 5.92 Å². The van der Waals surface area contributed by atoms with Crippen molar-refractivity contribution in [2.45, 2.75) is 58.7 Å². The predicted molar refractivity (Wildman–Crippen MR) is 178 cm³/mol. The normalized spacial score (nSPS) is 17.8. The van der Waals surface area contributed by atoms with Gasteiger partial charge in [0.05, 0.1) is 16.0 Å². The molecule has 1 saturated carbocycles. The van der Waals surface area contributed by atoms with E-state index in [0.717, 1.165) is 24.9 Å². The maximum absolute atomic E-state index is 13.9. The molecule has 10 heteroatoms. The van der Waals surface area contributed by atoms with Crippen LogP contribution in [0.4, 0.5) is 0 Å². The van der Waals surface area contributed by atoms with Crippen LogP contribution < -0.4 is 20.1 Å². The summed E-state index contributed by atoms with van der Waals surface area (Å²) in [6.07, 6.45) is 2.75. The molecular weight excluding hydrogens is 621 g/mol. The van der Waals surface area contributed by atoms with Crippen LogP contribution in [0.1, 0.15) is 51.9 Å². The minimum absolute atomic E-state index is 0. The first kappa shape index (κ1) is 33.9. The number of aryl methyl sites for hydroxylation is 2. The summed E-state index contributed by atoms with van der Waals surface area (Å²) in [4.78, 5) is 29.2. The van der Waals surface area contributed by atoms with Crippen LogP contribution in [-0.2, 0) is 11.3 Å².